The fourth-order valence-electron chi connectivity index (χ4n) is 2.38. The van der Waals surface area contributed by atoms with E-state index in [0.29, 0.717) is 38.8 Å². The Hall–Kier alpha value is -3.46. The lowest BCUT2D eigenvalue weighted by atomic mass is 10.0. The quantitative estimate of drug-likeness (QED) is 0.0730. The third-order valence-corrected chi connectivity index (χ3v) is 5.20. The lowest BCUT2D eigenvalue weighted by Gasteiger charge is -2.12. The van der Waals surface area contributed by atoms with Gasteiger partial charge in [0.2, 0.25) is 5.91 Å². The minimum absolute atomic E-state index is 0. The van der Waals surface area contributed by atoms with E-state index in [4.69, 9.17) is 44.0 Å². The molecule has 3 atom stereocenters. The Morgan fingerprint density at radius 3 is 1.33 bits per heavy atom. The molecule has 254 valence electrons. The molecule has 0 saturated carbocycles. The SMILES string of the molecule is C.C.C.C.CCC(C)C(=O)O.CCC(CC)C(=O)NC(N)=NCCCC(N)C(=O)O.NC(N)=NCCCC(N)C(=O)O. The molecule has 0 heterocycles. The number of carbonyl (C=O) groups excluding carboxylic acids is 1. The summed E-state index contributed by atoms with van der Waals surface area (Å²) in [5.41, 5.74) is 26.2. The van der Waals surface area contributed by atoms with Crippen LogP contribution in [0.1, 0.15) is 102 Å². The van der Waals surface area contributed by atoms with Gasteiger partial charge in [0.15, 0.2) is 11.9 Å². The highest BCUT2D eigenvalue weighted by molar-refractivity contribution is 5.97. The number of amides is 1. The van der Waals surface area contributed by atoms with E-state index in [1.165, 1.54) is 0 Å². The van der Waals surface area contributed by atoms with Crippen molar-refractivity contribution in [1.29, 1.82) is 0 Å². The molecular formula is C27H64N8O7. The van der Waals surface area contributed by atoms with Crippen molar-refractivity contribution in [3.05, 3.63) is 0 Å². The molecule has 0 aromatic carbocycles. The monoisotopic (exact) mass is 612 g/mol. The molecule has 0 aliphatic rings. The van der Waals surface area contributed by atoms with Crippen molar-refractivity contribution in [2.24, 2.45) is 50.5 Å². The van der Waals surface area contributed by atoms with Gasteiger partial charge in [0.25, 0.3) is 0 Å². The van der Waals surface area contributed by atoms with E-state index >= 15 is 0 Å². The van der Waals surface area contributed by atoms with Crippen molar-refractivity contribution in [2.75, 3.05) is 13.1 Å². The molecule has 0 saturated heterocycles. The summed E-state index contributed by atoms with van der Waals surface area (Å²) in [6.45, 7) is 8.20. The smallest absolute Gasteiger partial charge is 0.320 e. The van der Waals surface area contributed by atoms with Crippen LogP contribution in [0.2, 0.25) is 0 Å². The lowest BCUT2D eigenvalue weighted by Crippen LogP contribution is -2.40. The molecule has 0 aromatic rings. The Bertz CT molecular complexity index is 757. The number of carboxylic acids is 3. The zero-order valence-electron chi connectivity index (χ0n) is 22.9. The van der Waals surface area contributed by atoms with Crippen molar-refractivity contribution in [3.8, 4) is 0 Å². The Balaban J connectivity index is -0.0000000924. The molecule has 14 N–H and O–H groups in total. The van der Waals surface area contributed by atoms with Gasteiger partial charge in [-0.2, -0.15) is 0 Å². The van der Waals surface area contributed by atoms with Crippen LogP contribution in [0, 0.1) is 11.8 Å². The van der Waals surface area contributed by atoms with Gasteiger partial charge in [0.1, 0.15) is 12.1 Å². The topological polar surface area (TPSA) is 296 Å². The van der Waals surface area contributed by atoms with E-state index in [1.54, 1.807) is 6.92 Å². The minimum atomic E-state index is -1.03. The number of rotatable bonds is 15. The summed E-state index contributed by atoms with van der Waals surface area (Å²) < 4.78 is 0. The van der Waals surface area contributed by atoms with Gasteiger partial charge in [-0.15, -0.1) is 0 Å². The van der Waals surface area contributed by atoms with Gasteiger partial charge in [0.05, 0.1) is 5.92 Å². The summed E-state index contributed by atoms with van der Waals surface area (Å²) in [7, 11) is 0. The molecular weight excluding hydrogens is 548 g/mol. The molecule has 0 fully saturated rings. The molecule has 0 aliphatic carbocycles. The van der Waals surface area contributed by atoms with Gasteiger partial charge in [0, 0.05) is 19.0 Å². The predicted octanol–water partition coefficient (Wildman–Crippen LogP) is 2.16. The van der Waals surface area contributed by atoms with Crippen molar-refractivity contribution in [1.82, 2.24) is 5.32 Å². The maximum Gasteiger partial charge on any atom is 0.320 e. The predicted molar refractivity (Wildman–Crippen MR) is 173 cm³/mol. The van der Waals surface area contributed by atoms with Crippen LogP contribution in [0.15, 0.2) is 9.98 Å². The van der Waals surface area contributed by atoms with Gasteiger partial charge in [-0.1, -0.05) is 57.4 Å². The number of hydrogen-bond acceptors (Lipinski definition) is 8. The Kier molecular flexibility index (Phi) is 43.9. The number of guanidine groups is 2. The molecule has 0 radical (unpaired) electrons. The van der Waals surface area contributed by atoms with Crippen LogP contribution in [0.25, 0.3) is 0 Å². The van der Waals surface area contributed by atoms with Crippen LogP contribution < -0.4 is 34.0 Å². The maximum atomic E-state index is 11.7. The molecule has 0 bridgehead atoms. The van der Waals surface area contributed by atoms with Gasteiger partial charge in [-0.25, -0.2) is 0 Å². The first-order valence-corrected chi connectivity index (χ1v) is 12.5. The number of nitrogens with one attached hydrogen (secondary N) is 1. The van der Waals surface area contributed by atoms with Crippen molar-refractivity contribution in [3.63, 3.8) is 0 Å². The van der Waals surface area contributed by atoms with Crippen LogP contribution in [0.4, 0.5) is 0 Å². The zero-order chi connectivity index (χ0) is 30.3. The molecule has 0 spiro atoms. The van der Waals surface area contributed by atoms with Crippen LogP contribution >= 0.6 is 0 Å². The highest BCUT2D eigenvalue weighted by Gasteiger charge is 2.15. The third kappa shape index (κ3) is 34.6. The average molecular weight is 613 g/mol. The highest BCUT2D eigenvalue weighted by atomic mass is 16.4. The van der Waals surface area contributed by atoms with E-state index in [-0.39, 0.29) is 59.4 Å². The van der Waals surface area contributed by atoms with Gasteiger partial charge in [-0.3, -0.25) is 34.5 Å². The molecule has 0 aromatic heterocycles. The lowest BCUT2D eigenvalue weighted by molar-refractivity contribution is -0.141. The van der Waals surface area contributed by atoms with Crippen molar-refractivity contribution >= 4 is 35.7 Å². The minimum Gasteiger partial charge on any atom is -0.481 e. The Morgan fingerprint density at radius 2 is 1.07 bits per heavy atom. The Morgan fingerprint density at radius 1 is 0.690 bits per heavy atom. The van der Waals surface area contributed by atoms with E-state index in [1.807, 2.05) is 20.8 Å². The van der Waals surface area contributed by atoms with E-state index in [9.17, 15) is 19.2 Å². The third-order valence-electron chi connectivity index (χ3n) is 5.20. The molecule has 1 amide bonds. The van der Waals surface area contributed by atoms with Gasteiger partial charge >= 0.3 is 17.9 Å². The first-order valence-electron chi connectivity index (χ1n) is 12.5. The zero-order valence-corrected chi connectivity index (χ0v) is 22.9. The van der Waals surface area contributed by atoms with Crippen LogP contribution in [0.5, 0.6) is 0 Å². The molecule has 0 rings (SSSR count). The maximum absolute atomic E-state index is 11.7. The second kappa shape index (κ2) is 33.7. The molecule has 15 nitrogen and oxygen atoms in total. The number of hydrogen-bond donors (Lipinski definition) is 9. The van der Waals surface area contributed by atoms with E-state index in [0.717, 1.165) is 19.3 Å². The average Bonchev–Trinajstić information content (AvgIpc) is 2.84. The van der Waals surface area contributed by atoms with E-state index < -0.39 is 30.0 Å². The molecule has 42 heavy (non-hydrogen) atoms. The first kappa shape index (κ1) is 54.6. The number of nitrogens with zero attached hydrogens (tertiary/aromatic N) is 2. The summed E-state index contributed by atoms with van der Waals surface area (Å²) in [5.74, 6) is -3.02. The number of carbonyl (C=O) groups is 4. The number of aliphatic carboxylic acids is 3. The summed E-state index contributed by atoms with van der Waals surface area (Å²) in [5, 5.41) is 27.7. The van der Waals surface area contributed by atoms with Gasteiger partial charge in [-0.05, 0) is 44.9 Å². The highest BCUT2D eigenvalue weighted by Crippen LogP contribution is 2.06. The number of aliphatic imine (C=N–C) groups is 2. The van der Waals surface area contributed by atoms with Crippen LogP contribution in [-0.4, -0.2) is 76.2 Å². The second-order valence-electron chi connectivity index (χ2n) is 8.40. The van der Waals surface area contributed by atoms with E-state index in [2.05, 4.69) is 15.3 Å². The fraction of sp³-hybridized carbons (Fsp3) is 0.778. The Labute approximate surface area is 253 Å². The summed E-state index contributed by atoms with van der Waals surface area (Å²) >= 11 is 0. The molecule has 0 aliphatic heterocycles. The molecule has 15 heteroatoms. The van der Waals surface area contributed by atoms with Crippen molar-refractivity contribution < 1.29 is 34.5 Å². The van der Waals surface area contributed by atoms with Crippen LogP contribution in [-0.2, 0) is 19.2 Å². The van der Waals surface area contributed by atoms with Crippen LogP contribution in [0.3, 0.4) is 0 Å². The summed E-state index contributed by atoms with van der Waals surface area (Å²) in [6, 6.07) is -1.70. The molecule has 3 unspecified atom stereocenters. The van der Waals surface area contributed by atoms with Crippen molar-refractivity contribution in [2.45, 2.75) is 114 Å². The van der Waals surface area contributed by atoms with Gasteiger partial charge < -0.3 is 44.0 Å². The second-order valence-corrected chi connectivity index (χ2v) is 8.40. The number of carboxylic acid groups (broad SMARTS) is 3. The summed E-state index contributed by atoms with van der Waals surface area (Å²) in [6.07, 6.45) is 4.01. The summed E-state index contributed by atoms with van der Waals surface area (Å²) in [4.78, 5) is 49.9. The largest absolute Gasteiger partial charge is 0.481 e. The first-order chi connectivity index (χ1) is 17.6. The number of nitrogens with two attached hydrogens (primary N) is 5. The standard InChI is InChI=1S/C12H24N4O3.C6H14N4O2.C5H10O2.4CH4/c1-3-8(4-2)10(17)16-12(14)15-7-5-6-9(13)11(18)19;7-4(5(11)12)2-1-3-10-6(8)9;1-3-4(2)5(6)7;;;;/h8-9H,3-7,13H2,1-2H3,(H,18,19)(H3,14,15,16,17);4H,1-3,7H2,(H,11,12)(H4,8,9,10);4H,3H2,1-2H3,(H,6,7);4*1H4. The normalized spacial score (nSPS) is 11.7. The fourth-order valence-corrected chi connectivity index (χ4v) is 2.38.